The van der Waals surface area contributed by atoms with Crippen molar-refractivity contribution in [1.29, 1.82) is 0 Å². The number of nitrogens with one attached hydrogen (secondary N) is 1. The van der Waals surface area contributed by atoms with Crippen LogP contribution in [0, 0.1) is 18.6 Å². The second-order valence-electron chi connectivity index (χ2n) is 9.57. The highest BCUT2D eigenvalue weighted by Crippen LogP contribution is 2.39. The number of morpholine rings is 1. The van der Waals surface area contributed by atoms with Gasteiger partial charge in [-0.15, -0.1) is 0 Å². The second-order valence-corrected chi connectivity index (χ2v) is 9.57. The van der Waals surface area contributed by atoms with Crippen molar-refractivity contribution in [1.82, 2.24) is 9.97 Å². The number of hydrogen-bond donors (Lipinski definition) is 1. The Kier molecular flexibility index (Phi) is 7.09. The topological polar surface area (TPSA) is 56.8 Å². The molecule has 9 heteroatoms. The van der Waals surface area contributed by atoms with Gasteiger partial charge in [-0.25, -0.2) is 18.7 Å². The molecule has 0 atom stereocenters. The normalized spacial score (nSPS) is 16.5. The number of nitrogens with zero attached hydrogens (tertiary/aromatic N) is 5. The van der Waals surface area contributed by atoms with Crippen molar-refractivity contribution in [3.05, 3.63) is 41.6 Å². The van der Waals surface area contributed by atoms with E-state index in [0.717, 1.165) is 80.2 Å². The quantitative estimate of drug-likeness (QED) is 0.501. The minimum atomic E-state index is -0.630. The van der Waals surface area contributed by atoms with E-state index in [1.807, 2.05) is 20.2 Å². The third kappa shape index (κ3) is 4.76. The van der Waals surface area contributed by atoms with E-state index in [2.05, 4.69) is 33.0 Å². The highest BCUT2D eigenvalue weighted by molar-refractivity contribution is 5.98. The summed E-state index contributed by atoms with van der Waals surface area (Å²) in [6.07, 6.45) is 5.21. The highest BCUT2D eigenvalue weighted by Gasteiger charge is 2.24. The van der Waals surface area contributed by atoms with Crippen LogP contribution in [0.25, 0.3) is 10.9 Å². The summed E-state index contributed by atoms with van der Waals surface area (Å²) in [7, 11) is 2.01. The van der Waals surface area contributed by atoms with Crippen molar-refractivity contribution in [2.24, 2.45) is 0 Å². The molecular formula is C27H34F2N6O. The standard InChI is InChI=1S/C27H34F2N6O/c1-4-33(3)20-16-23(27(30-17-20)35-10-12-36-13-11-35)31-25-18(2)26(34-8-6-5-7-9-34)32-22-15-19(28)14-21(29)24(22)25/h14-17H,4-13H2,1-3H3,(H,31,32). The Morgan fingerprint density at radius 2 is 1.72 bits per heavy atom. The second kappa shape index (κ2) is 10.4. The molecule has 0 aliphatic carbocycles. The average Bonchev–Trinajstić information content (AvgIpc) is 2.90. The van der Waals surface area contributed by atoms with E-state index in [0.29, 0.717) is 24.4 Å². The van der Waals surface area contributed by atoms with E-state index in [1.165, 1.54) is 12.5 Å². The Balaban J connectivity index is 1.67. The first-order chi connectivity index (χ1) is 17.5. The van der Waals surface area contributed by atoms with Crippen molar-refractivity contribution in [2.75, 3.05) is 73.0 Å². The van der Waals surface area contributed by atoms with Gasteiger partial charge in [-0.05, 0) is 39.2 Å². The van der Waals surface area contributed by atoms with E-state index < -0.39 is 11.6 Å². The van der Waals surface area contributed by atoms with Gasteiger partial charge in [0.25, 0.3) is 0 Å². The monoisotopic (exact) mass is 496 g/mol. The molecule has 5 rings (SSSR count). The van der Waals surface area contributed by atoms with Gasteiger partial charge in [0.15, 0.2) is 5.82 Å². The number of anilines is 5. The molecule has 1 N–H and O–H groups in total. The molecule has 192 valence electrons. The fourth-order valence-electron chi connectivity index (χ4n) is 5.05. The molecular weight excluding hydrogens is 462 g/mol. The number of hydrogen-bond acceptors (Lipinski definition) is 7. The molecule has 2 fully saturated rings. The molecule has 0 saturated carbocycles. The van der Waals surface area contributed by atoms with Gasteiger partial charge in [0.1, 0.15) is 17.5 Å². The lowest BCUT2D eigenvalue weighted by molar-refractivity contribution is 0.122. The predicted octanol–water partition coefficient (Wildman–Crippen LogP) is 5.24. The fraction of sp³-hybridized carbons (Fsp3) is 0.481. The lowest BCUT2D eigenvalue weighted by Gasteiger charge is -2.32. The molecule has 1 aromatic carbocycles. The summed E-state index contributed by atoms with van der Waals surface area (Å²) in [6.45, 7) is 9.33. The van der Waals surface area contributed by atoms with Gasteiger partial charge < -0.3 is 24.8 Å². The molecule has 0 radical (unpaired) electrons. The van der Waals surface area contributed by atoms with Gasteiger partial charge in [0, 0.05) is 57.5 Å². The molecule has 0 amide bonds. The van der Waals surface area contributed by atoms with Crippen molar-refractivity contribution in [2.45, 2.75) is 33.1 Å². The molecule has 2 aromatic heterocycles. The Morgan fingerprint density at radius 3 is 2.44 bits per heavy atom. The molecule has 4 heterocycles. The molecule has 0 bridgehead atoms. The Hall–Kier alpha value is -3.20. The average molecular weight is 497 g/mol. The highest BCUT2D eigenvalue weighted by atomic mass is 19.1. The predicted molar refractivity (Wildman–Crippen MR) is 142 cm³/mol. The molecule has 36 heavy (non-hydrogen) atoms. The van der Waals surface area contributed by atoms with Crippen LogP contribution < -0.4 is 20.0 Å². The van der Waals surface area contributed by atoms with Gasteiger partial charge in [0.05, 0.1) is 47.4 Å². The van der Waals surface area contributed by atoms with Crippen molar-refractivity contribution < 1.29 is 13.5 Å². The van der Waals surface area contributed by atoms with Crippen LogP contribution in [-0.2, 0) is 4.74 Å². The van der Waals surface area contributed by atoms with E-state index in [9.17, 15) is 4.39 Å². The van der Waals surface area contributed by atoms with Crippen molar-refractivity contribution in [3.63, 3.8) is 0 Å². The summed E-state index contributed by atoms with van der Waals surface area (Å²) in [4.78, 5) is 16.1. The van der Waals surface area contributed by atoms with Crippen LogP contribution >= 0.6 is 0 Å². The molecule has 7 nitrogen and oxygen atoms in total. The Bertz CT molecular complexity index is 1240. The number of fused-ring (bicyclic) bond motifs is 1. The number of rotatable bonds is 6. The summed E-state index contributed by atoms with van der Waals surface area (Å²) in [5.74, 6) is 0.306. The zero-order chi connectivity index (χ0) is 25.2. The largest absolute Gasteiger partial charge is 0.378 e. The first kappa shape index (κ1) is 24.5. The van der Waals surface area contributed by atoms with Crippen LogP contribution in [0.1, 0.15) is 31.7 Å². The van der Waals surface area contributed by atoms with Gasteiger partial charge in [-0.2, -0.15) is 0 Å². The zero-order valence-corrected chi connectivity index (χ0v) is 21.3. The minimum absolute atomic E-state index is 0.289. The minimum Gasteiger partial charge on any atom is -0.378 e. The number of ether oxygens (including phenoxy) is 1. The third-order valence-corrected chi connectivity index (χ3v) is 7.21. The lowest BCUT2D eigenvalue weighted by atomic mass is 10.1. The molecule has 0 unspecified atom stereocenters. The molecule has 0 spiro atoms. The summed E-state index contributed by atoms with van der Waals surface area (Å²) in [6, 6.07) is 4.30. The number of halogens is 2. The summed E-state index contributed by atoms with van der Waals surface area (Å²) >= 11 is 0. The zero-order valence-electron chi connectivity index (χ0n) is 21.3. The first-order valence-corrected chi connectivity index (χ1v) is 12.8. The third-order valence-electron chi connectivity index (χ3n) is 7.21. The van der Waals surface area contributed by atoms with E-state index in [1.54, 1.807) is 0 Å². The van der Waals surface area contributed by atoms with E-state index in [-0.39, 0.29) is 5.39 Å². The number of pyridine rings is 2. The van der Waals surface area contributed by atoms with Gasteiger partial charge >= 0.3 is 0 Å². The Labute approximate surface area is 211 Å². The van der Waals surface area contributed by atoms with Crippen LogP contribution in [0.2, 0.25) is 0 Å². The van der Waals surface area contributed by atoms with Crippen LogP contribution in [0.3, 0.4) is 0 Å². The van der Waals surface area contributed by atoms with E-state index >= 15 is 4.39 Å². The summed E-state index contributed by atoms with van der Waals surface area (Å²) < 4.78 is 35.1. The van der Waals surface area contributed by atoms with Crippen molar-refractivity contribution in [3.8, 4) is 0 Å². The molecule has 3 aromatic rings. The molecule has 2 saturated heterocycles. The maximum Gasteiger partial charge on any atom is 0.152 e. The summed E-state index contributed by atoms with van der Waals surface area (Å²) in [5.41, 5.74) is 3.49. The van der Waals surface area contributed by atoms with Crippen LogP contribution in [-0.4, -0.2) is 63.0 Å². The molecule has 2 aliphatic heterocycles. The van der Waals surface area contributed by atoms with Crippen LogP contribution in [0.15, 0.2) is 24.4 Å². The Morgan fingerprint density at radius 1 is 1.00 bits per heavy atom. The first-order valence-electron chi connectivity index (χ1n) is 12.8. The van der Waals surface area contributed by atoms with Crippen LogP contribution in [0.5, 0.6) is 0 Å². The fourth-order valence-corrected chi connectivity index (χ4v) is 5.05. The number of piperidine rings is 1. The summed E-state index contributed by atoms with van der Waals surface area (Å²) in [5, 5.41) is 3.83. The van der Waals surface area contributed by atoms with Gasteiger partial charge in [-0.1, -0.05) is 0 Å². The number of benzene rings is 1. The van der Waals surface area contributed by atoms with Gasteiger partial charge in [-0.3, -0.25) is 0 Å². The lowest BCUT2D eigenvalue weighted by Crippen LogP contribution is -2.37. The molecule has 2 aliphatic rings. The smallest absolute Gasteiger partial charge is 0.152 e. The maximum atomic E-state index is 15.3. The van der Waals surface area contributed by atoms with Crippen molar-refractivity contribution >= 4 is 39.6 Å². The van der Waals surface area contributed by atoms with E-state index in [4.69, 9.17) is 14.7 Å². The number of aromatic nitrogens is 2. The van der Waals surface area contributed by atoms with Gasteiger partial charge in [0.2, 0.25) is 0 Å². The van der Waals surface area contributed by atoms with Crippen LogP contribution in [0.4, 0.5) is 37.5 Å². The maximum absolute atomic E-state index is 15.3. The SMILES string of the molecule is CCN(C)c1cnc(N2CCOCC2)c(Nc2c(C)c(N3CCCCC3)nc3cc(F)cc(F)c23)c1.